The summed E-state index contributed by atoms with van der Waals surface area (Å²) < 4.78 is 4.73. The first kappa shape index (κ1) is 17.0. The van der Waals surface area contributed by atoms with Crippen molar-refractivity contribution in [3.05, 3.63) is 24.3 Å². The van der Waals surface area contributed by atoms with Crippen molar-refractivity contribution in [1.29, 1.82) is 0 Å². The van der Waals surface area contributed by atoms with Gasteiger partial charge in [-0.05, 0) is 39.3 Å². The van der Waals surface area contributed by atoms with Crippen molar-refractivity contribution in [1.82, 2.24) is 14.9 Å². The van der Waals surface area contributed by atoms with Crippen LogP contribution in [0.4, 0.5) is 0 Å². The molecule has 7 nitrogen and oxygen atoms in total. The smallest absolute Gasteiger partial charge is 0.323 e. The van der Waals surface area contributed by atoms with Crippen LogP contribution in [-0.2, 0) is 9.53 Å². The normalized spacial score (nSPS) is 18.0. The first-order chi connectivity index (χ1) is 9.97. The third-order valence-electron chi connectivity index (χ3n) is 3.27. The molecule has 0 aromatic carbocycles. The minimum Gasteiger partial charge on any atom is -0.468 e. The van der Waals surface area contributed by atoms with Crippen molar-refractivity contribution in [3.8, 4) is 0 Å². The fourth-order valence-corrected chi connectivity index (χ4v) is 2.23. The number of aromatic nitrogens is 2. The van der Waals surface area contributed by atoms with E-state index < -0.39 is 5.91 Å². The summed E-state index contributed by atoms with van der Waals surface area (Å²) in [6.45, 7) is 5.25. The molecule has 1 fully saturated rings. The monoisotopic (exact) mass is 294 g/mol. The molecule has 0 saturated carbocycles. The Morgan fingerprint density at radius 2 is 2.19 bits per heavy atom. The topological polar surface area (TPSA) is 98.4 Å². The van der Waals surface area contributed by atoms with Crippen LogP contribution in [0.1, 0.15) is 37.2 Å². The molecule has 1 saturated heterocycles. The van der Waals surface area contributed by atoms with E-state index in [4.69, 9.17) is 10.5 Å². The molecule has 1 aromatic rings. The molecular weight excluding hydrogens is 272 g/mol. The van der Waals surface area contributed by atoms with E-state index in [1.54, 1.807) is 0 Å². The SMILES string of the molecule is COC(=O)[C@@H]1CCCN1C(C)C.NC(=O)c1ccncn1. The first-order valence-electron chi connectivity index (χ1n) is 6.86. The number of rotatable bonds is 3. The number of methoxy groups -OCH3 is 1. The molecule has 7 heteroatoms. The molecule has 1 atom stereocenters. The number of esters is 1. The van der Waals surface area contributed by atoms with Gasteiger partial charge in [-0.1, -0.05) is 0 Å². The van der Waals surface area contributed by atoms with Gasteiger partial charge in [0, 0.05) is 12.2 Å². The molecule has 0 bridgehead atoms. The Morgan fingerprint density at radius 3 is 2.62 bits per heavy atom. The summed E-state index contributed by atoms with van der Waals surface area (Å²) in [6.07, 6.45) is 4.80. The summed E-state index contributed by atoms with van der Waals surface area (Å²) in [6, 6.07) is 1.91. The minimum atomic E-state index is -0.530. The van der Waals surface area contributed by atoms with Gasteiger partial charge in [0.15, 0.2) is 0 Å². The largest absolute Gasteiger partial charge is 0.468 e. The van der Waals surface area contributed by atoms with Gasteiger partial charge in [0.05, 0.1) is 7.11 Å². The average molecular weight is 294 g/mol. The lowest BCUT2D eigenvalue weighted by atomic mass is 10.2. The Hall–Kier alpha value is -2.02. The van der Waals surface area contributed by atoms with Gasteiger partial charge < -0.3 is 10.5 Å². The lowest BCUT2D eigenvalue weighted by Gasteiger charge is -2.25. The van der Waals surface area contributed by atoms with Crippen LogP contribution >= 0.6 is 0 Å². The van der Waals surface area contributed by atoms with E-state index in [0.717, 1.165) is 19.4 Å². The predicted molar refractivity (Wildman–Crippen MR) is 77.4 cm³/mol. The number of primary amides is 1. The zero-order chi connectivity index (χ0) is 15.8. The van der Waals surface area contributed by atoms with Gasteiger partial charge in [0.25, 0.3) is 5.91 Å². The second-order valence-electron chi connectivity index (χ2n) is 4.97. The molecule has 1 aromatic heterocycles. The lowest BCUT2D eigenvalue weighted by Crippen LogP contribution is -2.41. The number of nitrogens with two attached hydrogens (primary N) is 1. The Kier molecular flexibility index (Phi) is 6.74. The third kappa shape index (κ3) is 5.11. The van der Waals surface area contributed by atoms with E-state index in [9.17, 15) is 9.59 Å². The highest BCUT2D eigenvalue weighted by atomic mass is 16.5. The van der Waals surface area contributed by atoms with E-state index in [-0.39, 0.29) is 17.7 Å². The van der Waals surface area contributed by atoms with Crippen molar-refractivity contribution in [3.63, 3.8) is 0 Å². The standard InChI is InChI=1S/C9H17NO2.C5H5N3O/c1-7(2)10-6-4-5-8(10)9(11)12-3;6-5(9)4-1-2-7-3-8-4/h7-8H,4-6H2,1-3H3;1-3H,(H2,6,9)/t8-;/m0./s1. The van der Waals surface area contributed by atoms with Crippen molar-refractivity contribution in [2.24, 2.45) is 5.73 Å². The Labute approximate surface area is 124 Å². The van der Waals surface area contributed by atoms with Gasteiger partial charge in [-0.3, -0.25) is 14.5 Å². The number of nitrogens with zero attached hydrogens (tertiary/aromatic N) is 3. The molecule has 1 aliphatic rings. The summed E-state index contributed by atoms with van der Waals surface area (Å²) in [5.41, 5.74) is 5.13. The van der Waals surface area contributed by atoms with Gasteiger partial charge in [-0.25, -0.2) is 9.97 Å². The van der Waals surface area contributed by atoms with E-state index in [1.165, 1.54) is 25.7 Å². The molecule has 2 heterocycles. The summed E-state index contributed by atoms with van der Waals surface area (Å²) in [7, 11) is 1.46. The Bertz CT molecular complexity index is 465. The van der Waals surface area contributed by atoms with E-state index in [1.807, 2.05) is 0 Å². The maximum Gasteiger partial charge on any atom is 0.323 e. The maximum atomic E-state index is 11.3. The van der Waals surface area contributed by atoms with Gasteiger partial charge in [-0.2, -0.15) is 0 Å². The van der Waals surface area contributed by atoms with Gasteiger partial charge in [0.2, 0.25) is 0 Å². The Balaban J connectivity index is 0.000000219. The number of carbonyl (C=O) groups excluding carboxylic acids is 2. The molecule has 0 unspecified atom stereocenters. The van der Waals surface area contributed by atoms with Gasteiger partial charge in [0.1, 0.15) is 18.1 Å². The molecule has 1 amide bonds. The van der Waals surface area contributed by atoms with Crippen molar-refractivity contribution in [2.75, 3.05) is 13.7 Å². The fraction of sp³-hybridized carbons (Fsp3) is 0.571. The minimum absolute atomic E-state index is 0.00926. The fourth-order valence-electron chi connectivity index (χ4n) is 2.23. The first-order valence-corrected chi connectivity index (χ1v) is 6.86. The molecule has 116 valence electrons. The van der Waals surface area contributed by atoms with Crippen LogP contribution in [0.2, 0.25) is 0 Å². The molecule has 21 heavy (non-hydrogen) atoms. The van der Waals surface area contributed by atoms with E-state index in [2.05, 4.69) is 28.7 Å². The van der Waals surface area contributed by atoms with E-state index in [0.29, 0.717) is 6.04 Å². The molecule has 2 N–H and O–H groups in total. The summed E-state index contributed by atoms with van der Waals surface area (Å²) >= 11 is 0. The highest BCUT2D eigenvalue weighted by Gasteiger charge is 2.32. The third-order valence-corrected chi connectivity index (χ3v) is 3.27. The zero-order valence-electron chi connectivity index (χ0n) is 12.7. The van der Waals surface area contributed by atoms with Crippen molar-refractivity contribution >= 4 is 11.9 Å². The predicted octanol–water partition coefficient (Wildman–Crippen LogP) is 0.608. The molecular formula is C14H22N4O3. The lowest BCUT2D eigenvalue weighted by molar-refractivity contribution is -0.146. The highest BCUT2D eigenvalue weighted by molar-refractivity contribution is 5.90. The molecule has 0 radical (unpaired) electrons. The second-order valence-corrected chi connectivity index (χ2v) is 4.97. The number of hydrogen-bond donors (Lipinski definition) is 1. The average Bonchev–Trinajstić information content (AvgIpc) is 2.97. The molecule has 2 rings (SSSR count). The van der Waals surface area contributed by atoms with Crippen LogP contribution in [0.25, 0.3) is 0 Å². The number of hydrogen-bond acceptors (Lipinski definition) is 6. The van der Waals surface area contributed by atoms with Gasteiger partial charge in [-0.15, -0.1) is 0 Å². The van der Waals surface area contributed by atoms with Crippen molar-refractivity contribution in [2.45, 2.75) is 38.8 Å². The molecule has 0 aliphatic carbocycles. The van der Waals surface area contributed by atoms with Crippen LogP contribution in [0.15, 0.2) is 18.6 Å². The maximum absolute atomic E-state index is 11.3. The number of carbonyl (C=O) groups is 2. The van der Waals surface area contributed by atoms with E-state index >= 15 is 0 Å². The van der Waals surface area contributed by atoms with Gasteiger partial charge >= 0.3 is 5.97 Å². The number of likely N-dealkylation sites (tertiary alicyclic amines) is 1. The van der Waals surface area contributed by atoms with Crippen LogP contribution in [0.5, 0.6) is 0 Å². The zero-order valence-corrected chi connectivity index (χ0v) is 12.7. The van der Waals surface area contributed by atoms with Crippen molar-refractivity contribution < 1.29 is 14.3 Å². The number of ether oxygens (including phenoxy) is 1. The second kappa shape index (κ2) is 8.31. The van der Waals surface area contributed by atoms with Crippen LogP contribution in [0.3, 0.4) is 0 Å². The van der Waals surface area contributed by atoms with Crippen LogP contribution < -0.4 is 5.73 Å². The summed E-state index contributed by atoms with van der Waals surface area (Å²) in [5.74, 6) is -0.612. The highest BCUT2D eigenvalue weighted by Crippen LogP contribution is 2.20. The number of amides is 1. The molecule has 1 aliphatic heterocycles. The molecule has 0 spiro atoms. The quantitative estimate of drug-likeness (QED) is 0.820. The van der Waals surface area contributed by atoms with Crippen LogP contribution in [0, 0.1) is 0 Å². The summed E-state index contributed by atoms with van der Waals surface area (Å²) in [4.78, 5) is 31.0. The van der Waals surface area contributed by atoms with Crippen LogP contribution in [-0.4, -0.2) is 52.5 Å². The Morgan fingerprint density at radius 1 is 1.48 bits per heavy atom. The summed E-state index contributed by atoms with van der Waals surface area (Å²) in [5, 5.41) is 0.